The molecule has 1 aliphatic heterocycles. The highest BCUT2D eigenvalue weighted by Crippen LogP contribution is 2.28. The number of nitriles is 2. The first-order chi connectivity index (χ1) is 15.2. The van der Waals surface area contributed by atoms with E-state index < -0.39 is 0 Å². The molecule has 31 heavy (non-hydrogen) atoms. The smallest absolute Gasteiger partial charge is 0.222 e. The standard InChI is InChI=1S/C24H26N4O3/c1-30-23-16-19(17-25)9-10-22(23)31-15-5-8-24(29)28-13-11-27(12-14-28)21(18-26)20-6-3-2-4-7-20/h2-4,6-7,9-10,16,21H,5,8,11-15H2,1H3. The van der Waals surface area contributed by atoms with Gasteiger partial charge in [0.25, 0.3) is 0 Å². The molecule has 7 nitrogen and oxygen atoms in total. The second-order valence-corrected chi connectivity index (χ2v) is 7.29. The van der Waals surface area contributed by atoms with Crippen LogP contribution < -0.4 is 9.47 Å². The third-order valence-electron chi connectivity index (χ3n) is 5.35. The molecule has 1 aliphatic rings. The lowest BCUT2D eigenvalue weighted by atomic mass is 10.1. The number of amides is 1. The molecule has 0 aromatic heterocycles. The van der Waals surface area contributed by atoms with Gasteiger partial charge in [-0.25, -0.2) is 0 Å². The zero-order valence-electron chi connectivity index (χ0n) is 17.7. The van der Waals surface area contributed by atoms with E-state index in [0.29, 0.717) is 62.7 Å². The summed E-state index contributed by atoms with van der Waals surface area (Å²) in [6.07, 6.45) is 0.992. The van der Waals surface area contributed by atoms with E-state index in [4.69, 9.17) is 14.7 Å². The Balaban J connectivity index is 1.43. The van der Waals surface area contributed by atoms with Gasteiger partial charge in [0.05, 0.1) is 31.4 Å². The van der Waals surface area contributed by atoms with E-state index in [2.05, 4.69) is 17.0 Å². The lowest BCUT2D eigenvalue weighted by Crippen LogP contribution is -2.49. The largest absolute Gasteiger partial charge is 0.493 e. The van der Waals surface area contributed by atoms with Crippen LogP contribution in [0.5, 0.6) is 11.5 Å². The number of rotatable bonds is 8. The summed E-state index contributed by atoms with van der Waals surface area (Å²) in [6.45, 7) is 2.98. The molecule has 2 aromatic rings. The Labute approximate surface area is 183 Å². The van der Waals surface area contributed by atoms with Crippen molar-refractivity contribution in [1.82, 2.24) is 9.80 Å². The Morgan fingerprint density at radius 1 is 1.06 bits per heavy atom. The molecule has 1 heterocycles. The van der Waals surface area contributed by atoms with E-state index in [1.807, 2.05) is 35.2 Å². The summed E-state index contributed by atoms with van der Waals surface area (Å²) in [5, 5.41) is 18.6. The first-order valence-corrected chi connectivity index (χ1v) is 10.3. The van der Waals surface area contributed by atoms with Crippen molar-refractivity contribution in [3.8, 4) is 23.6 Å². The van der Waals surface area contributed by atoms with Gasteiger partial charge in [0.2, 0.25) is 5.91 Å². The highest BCUT2D eigenvalue weighted by molar-refractivity contribution is 5.76. The minimum absolute atomic E-state index is 0.100. The van der Waals surface area contributed by atoms with Gasteiger partial charge >= 0.3 is 0 Å². The fourth-order valence-corrected chi connectivity index (χ4v) is 3.65. The normalized spacial score (nSPS) is 14.9. The Morgan fingerprint density at radius 3 is 2.45 bits per heavy atom. The van der Waals surface area contributed by atoms with E-state index >= 15 is 0 Å². The molecule has 160 valence electrons. The number of carbonyl (C=O) groups is 1. The first-order valence-electron chi connectivity index (χ1n) is 10.3. The van der Waals surface area contributed by atoms with Gasteiger partial charge in [0.15, 0.2) is 11.5 Å². The number of piperazine rings is 1. The van der Waals surface area contributed by atoms with E-state index in [9.17, 15) is 10.1 Å². The van der Waals surface area contributed by atoms with Crippen LogP contribution in [0.15, 0.2) is 48.5 Å². The van der Waals surface area contributed by atoms with Crippen molar-refractivity contribution in [1.29, 1.82) is 10.5 Å². The van der Waals surface area contributed by atoms with Crippen LogP contribution in [0, 0.1) is 22.7 Å². The second-order valence-electron chi connectivity index (χ2n) is 7.29. The van der Waals surface area contributed by atoms with E-state index in [1.165, 1.54) is 7.11 Å². The molecule has 0 radical (unpaired) electrons. The van der Waals surface area contributed by atoms with Crippen LogP contribution in [0.25, 0.3) is 0 Å². The molecular weight excluding hydrogens is 392 g/mol. The van der Waals surface area contributed by atoms with Crippen LogP contribution in [0.1, 0.15) is 30.0 Å². The SMILES string of the molecule is COc1cc(C#N)ccc1OCCCC(=O)N1CCN(C(C#N)c2ccccc2)CC1. The van der Waals surface area contributed by atoms with Crippen LogP contribution >= 0.6 is 0 Å². The maximum atomic E-state index is 12.6. The molecule has 3 rings (SSSR count). The molecule has 1 atom stereocenters. The van der Waals surface area contributed by atoms with Crippen molar-refractivity contribution in [2.24, 2.45) is 0 Å². The number of hydrogen-bond acceptors (Lipinski definition) is 6. The quantitative estimate of drug-likeness (QED) is 0.612. The number of methoxy groups -OCH3 is 1. The van der Waals surface area contributed by atoms with Crippen molar-refractivity contribution < 1.29 is 14.3 Å². The molecule has 0 N–H and O–H groups in total. The Bertz CT molecular complexity index is 957. The Kier molecular flexibility index (Phi) is 7.86. The third-order valence-corrected chi connectivity index (χ3v) is 5.35. The third kappa shape index (κ3) is 5.75. The number of ether oxygens (including phenoxy) is 2. The highest BCUT2D eigenvalue weighted by Gasteiger charge is 2.26. The fourth-order valence-electron chi connectivity index (χ4n) is 3.65. The second kappa shape index (κ2) is 11.0. The van der Waals surface area contributed by atoms with Gasteiger partial charge < -0.3 is 14.4 Å². The summed E-state index contributed by atoms with van der Waals surface area (Å²) in [7, 11) is 1.53. The molecule has 0 bridgehead atoms. The van der Waals surface area contributed by atoms with Gasteiger partial charge in [-0.1, -0.05) is 30.3 Å². The Morgan fingerprint density at radius 2 is 1.81 bits per heavy atom. The van der Waals surface area contributed by atoms with Crippen LogP contribution in [-0.2, 0) is 4.79 Å². The topological polar surface area (TPSA) is 89.6 Å². The van der Waals surface area contributed by atoms with Crippen LogP contribution in [0.3, 0.4) is 0 Å². The summed E-state index contributed by atoms with van der Waals surface area (Å²) in [6, 6.07) is 18.9. The minimum atomic E-state index is -0.283. The maximum Gasteiger partial charge on any atom is 0.222 e. The van der Waals surface area contributed by atoms with Gasteiger partial charge in [-0.2, -0.15) is 10.5 Å². The lowest BCUT2D eigenvalue weighted by Gasteiger charge is -2.37. The molecule has 1 saturated heterocycles. The average Bonchev–Trinajstić information content (AvgIpc) is 2.83. The van der Waals surface area contributed by atoms with Crippen LogP contribution in [0.2, 0.25) is 0 Å². The molecule has 1 amide bonds. The van der Waals surface area contributed by atoms with E-state index in [0.717, 1.165) is 5.56 Å². The molecule has 1 fully saturated rings. The maximum absolute atomic E-state index is 12.6. The highest BCUT2D eigenvalue weighted by atomic mass is 16.5. The monoisotopic (exact) mass is 418 g/mol. The summed E-state index contributed by atoms with van der Waals surface area (Å²) in [4.78, 5) is 16.5. The van der Waals surface area contributed by atoms with Crippen molar-refractivity contribution in [3.63, 3.8) is 0 Å². The predicted octanol–water partition coefficient (Wildman–Crippen LogP) is 3.13. The fraction of sp³-hybridized carbons (Fsp3) is 0.375. The van der Waals surface area contributed by atoms with E-state index in [1.54, 1.807) is 18.2 Å². The lowest BCUT2D eigenvalue weighted by molar-refractivity contribution is -0.133. The summed E-state index contributed by atoms with van der Waals surface area (Å²) < 4.78 is 11.0. The minimum Gasteiger partial charge on any atom is -0.493 e. The van der Waals surface area contributed by atoms with E-state index in [-0.39, 0.29) is 11.9 Å². The summed E-state index contributed by atoms with van der Waals surface area (Å²) in [5.41, 5.74) is 1.49. The van der Waals surface area contributed by atoms with Gasteiger partial charge in [-0.3, -0.25) is 9.69 Å². The zero-order valence-corrected chi connectivity index (χ0v) is 17.7. The molecule has 0 spiro atoms. The molecule has 0 aliphatic carbocycles. The van der Waals surface area contributed by atoms with Gasteiger partial charge in [0.1, 0.15) is 6.04 Å². The summed E-state index contributed by atoms with van der Waals surface area (Å²) >= 11 is 0. The van der Waals surface area contributed by atoms with Crippen molar-refractivity contribution >= 4 is 5.91 Å². The summed E-state index contributed by atoms with van der Waals surface area (Å²) in [5.74, 6) is 1.17. The van der Waals surface area contributed by atoms with Gasteiger partial charge in [-0.05, 0) is 24.1 Å². The molecule has 0 saturated carbocycles. The number of carbonyl (C=O) groups excluding carboxylic acids is 1. The predicted molar refractivity (Wildman–Crippen MR) is 115 cm³/mol. The van der Waals surface area contributed by atoms with Gasteiger partial charge in [-0.15, -0.1) is 0 Å². The molecular formula is C24H26N4O3. The first kappa shape index (κ1) is 22.1. The molecule has 7 heteroatoms. The van der Waals surface area contributed by atoms with Crippen molar-refractivity contribution in [3.05, 3.63) is 59.7 Å². The Hall–Kier alpha value is -3.55. The number of benzene rings is 2. The van der Waals surface area contributed by atoms with Crippen molar-refractivity contribution in [2.75, 3.05) is 39.9 Å². The molecule has 1 unspecified atom stereocenters. The molecule has 2 aromatic carbocycles. The number of nitrogens with zero attached hydrogens (tertiary/aromatic N) is 4. The van der Waals surface area contributed by atoms with Crippen LogP contribution in [0.4, 0.5) is 0 Å². The van der Waals surface area contributed by atoms with Gasteiger partial charge in [0, 0.05) is 38.7 Å². The average molecular weight is 418 g/mol. The van der Waals surface area contributed by atoms with Crippen LogP contribution in [-0.4, -0.2) is 55.6 Å². The number of hydrogen-bond donors (Lipinski definition) is 0. The van der Waals surface area contributed by atoms with Crippen molar-refractivity contribution in [2.45, 2.75) is 18.9 Å². The zero-order chi connectivity index (χ0) is 22.1.